The lowest BCUT2D eigenvalue weighted by Gasteiger charge is -2.34. The molecule has 1 N–H and O–H groups in total. The fourth-order valence-corrected chi connectivity index (χ4v) is 5.17. The third-order valence-corrected chi connectivity index (χ3v) is 7.05. The molecular weight excluding hydrogens is 378 g/mol. The monoisotopic (exact) mass is 405 g/mol. The van der Waals surface area contributed by atoms with Crippen LogP contribution in [0.25, 0.3) is 0 Å². The molecule has 1 fully saturated rings. The van der Waals surface area contributed by atoms with Crippen molar-refractivity contribution < 1.29 is 13.3 Å². The molecule has 0 radical (unpaired) electrons. The summed E-state index contributed by atoms with van der Waals surface area (Å²) in [5, 5.41) is 10.7. The Bertz CT molecular complexity index is 862. The lowest BCUT2D eigenvalue weighted by Crippen LogP contribution is -2.30. The van der Waals surface area contributed by atoms with Crippen LogP contribution in [0.15, 0.2) is 53.1 Å². The predicted octanol–water partition coefficient (Wildman–Crippen LogP) is 3.46. The minimum absolute atomic E-state index is 0.0536. The van der Waals surface area contributed by atoms with E-state index in [1.54, 1.807) is 0 Å². The Balaban J connectivity index is 1.60. The largest absolute Gasteiger partial charge is 0.376 e. The van der Waals surface area contributed by atoms with Crippen LogP contribution in [0.2, 0.25) is 0 Å². The van der Waals surface area contributed by atoms with Crippen LogP contribution in [0, 0.1) is 22.0 Å². The van der Waals surface area contributed by atoms with Gasteiger partial charge >= 0.3 is 0 Å². The zero-order valence-corrected chi connectivity index (χ0v) is 16.9. The second kappa shape index (κ2) is 8.87. The van der Waals surface area contributed by atoms with Gasteiger partial charge in [-0.3, -0.25) is 10.1 Å². The molecule has 0 saturated heterocycles. The first kappa shape index (κ1) is 20.5. The second-order valence-electron chi connectivity index (χ2n) is 7.56. The molecule has 0 aromatic heterocycles. The molecule has 0 spiro atoms. The van der Waals surface area contributed by atoms with Crippen LogP contribution in [0.5, 0.6) is 0 Å². The quantitative estimate of drug-likeness (QED) is 0.554. The number of hydrogen-bond donors (Lipinski definition) is 1. The predicted molar refractivity (Wildman–Crippen MR) is 108 cm³/mol. The SMILES string of the molecule is CN1C=C([C@@H]2CCCC[C@H]2CCNS(=O)(=O)c2ccc([N+](=O)[O-])cc2)C=CC1. The van der Waals surface area contributed by atoms with Gasteiger partial charge in [-0.2, -0.15) is 0 Å². The van der Waals surface area contributed by atoms with Gasteiger partial charge in [0.1, 0.15) is 0 Å². The molecule has 1 saturated carbocycles. The van der Waals surface area contributed by atoms with Gasteiger partial charge in [0.15, 0.2) is 0 Å². The van der Waals surface area contributed by atoms with Crippen molar-refractivity contribution in [2.24, 2.45) is 11.8 Å². The number of nitrogens with one attached hydrogen (secondary N) is 1. The molecule has 2 atom stereocenters. The molecule has 7 nitrogen and oxygen atoms in total. The fraction of sp³-hybridized carbons (Fsp3) is 0.500. The van der Waals surface area contributed by atoms with E-state index in [2.05, 4.69) is 35.0 Å². The molecule has 3 rings (SSSR count). The van der Waals surface area contributed by atoms with E-state index in [0.717, 1.165) is 25.8 Å². The number of hydrogen-bond acceptors (Lipinski definition) is 5. The van der Waals surface area contributed by atoms with E-state index in [1.165, 1.54) is 42.7 Å². The smallest absolute Gasteiger partial charge is 0.269 e. The molecule has 1 aliphatic heterocycles. The molecule has 1 aromatic rings. The number of nitro groups is 1. The van der Waals surface area contributed by atoms with E-state index in [9.17, 15) is 18.5 Å². The van der Waals surface area contributed by atoms with Crippen LogP contribution < -0.4 is 4.72 Å². The van der Waals surface area contributed by atoms with E-state index < -0.39 is 14.9 Å². The molecule has 1 heterocycles. The van der Waals surface area contributed by atoms with Gasteiger partial charge in [0, 0.05) is 38.5 Å². The number of benzene rings is 1. The summed E-state index contributed by atoms with van der Waals surface area (Å²) in [6.45, 7) is 1.29. The van der Waals surface area contributed by atoms with Gasteiger partial charge in [0.25, 0.3) is 5.69 Å². The van der Waals surface area contributed by atoms with Crippen LogP contribution in [-0.4, -0.2) is 38.4 Å². The van der Waals surface area contributed by atoms with Crippen molar-refractivity contribution >= 4 is 15.7 Å². The van der Waals surface area contributed by atoms with Crippen LogP contribution in [-0.2, 0) is 10.0 Å². The molecule has 0 bridgehead atoms. The van der Waals surface area contributed by atoms with Gasteiger partial charge in [-0.15, -0.1) is 0 Å². The van der Waals surface area contributed by atoms with Gasteiger partial charge in [-0.25, -0.2) is 13.1 Å². The minimum Gasteiger partial charge on any atom is -0.376 e. The first-order valence-corrected chi connectivity index (χ1v) is 11.2. The average molecular weight is 406 g/mol. The zero-order chi connectivity index (χ0) is 20.1. The molecule has 0 unspecified atom stereocenters. The summed E-state index contributed by atoms with van der Waals surface area (Å²) >= 11 is 0. The Morgan fingerprint density at radius 2 is 1.93 bits per heavy atom. The number of nitro benzene ring substituents is 1. The standard InChI is InChI=1S/C20H27N3O4S/c1-22-14-4-6-17(15-22)20-7-3-2-5-16(20)12-13-21-28(26,27)19-10-8-18(9-11-19)23(24)25/h4,6,8-11,15-16,20-21H,2-3,5,7,12-14H2,1H3/t16-,20+/m0/s1. The third-order valence-electron chi connectivity index (χ3n) is 5.58. The van der Waals surface area contributed by atoms with Gasteiger partial charge in [-0.1, -0.05) is 25.0 Å². The van der Waals surface area contributed by atoms with Crippen LogP contribution in [0.4, 0.5) is 5.69 Å². The number of nitrogens with zero attached hydrogens (tertiary/aromatic N) is 2. The van der Waals surface area contributed by atoms with E-state index in [-0.39, 0.29) is 10.6 Å². The molecule has 1 aromatic carbocycles. The van der Waals surface area contributed by atoms with Crippen molar-refractivity contribution in [2.75, 3.05) is 20.1 Å². The van der Waals surface area contributed by atoms with Crippen LogP contribution in [0.3, 0.4) is 0 Å². The average Bonchev–Trinajstić information content (AvgIpc) is 2.68. The Labute approximate surface area is 166 Å². The summed E-state index contributed by atoms with van der Waals surface area (Å²) in [5.74, 6) is 0.923. The Kier molecular flexibility index (Phi) is 6.51. The summed E-state index contributed by atoms with van der Waals surface area (Å²) in [7, 11) is -1.59. The Morgan fingerprint density at radius 1 is 1.21 bits per heavy atom. The Hall–Kier alpha value is -2.19. The Morgan fingerprint density at radius 3 is 2.61 bits per heavy atom. The first-order valence-electron chi connectivity index (χ1n) is 9.69. The first-order chi connectivity index (χ1) is 13.4. The lowest BCUT2D eigenvalue weighted by molar-refractivity contribution is -0.384. The maximum Gasteiger partial charge on any atom is 0.269 e. The number of allylic oxidation sites excluding steroid dienone is 2. The van der Waals surface area contributed by atoms with Gasteiger partial charge in [-0.05, 0) is 48.8 Å². The summed E-state index contributed by atoms with van der Waals surface area (Å²) in [4.78, 5) is 12.4. The summed E-state index contributed by atoms with van der Waals surface area (Å²) in [5.41, 5.74) is 1.22. The fourth-order valence-electron chi connectivity index (χ4n) is 4.13. The highest BCUT2D eigenvalue weighted by atomic mass is 32.2. The van der Waals surface area contributed by atoms with E-state index in [0.29, 0.717) is 18.4 Å². The summed E-state index contributed by atoms with van der Waals surface area (Å²) in [6.07, 6.45) is 12.0. The molecule has 2 aliphatic rings. The van der Waals surface area contributed by atoms with Crippen molar-refractivity contribution in [1.29, 1.82) is 0 Å². The normalized spacial score (nSPS) is 22.8. The molecule has 0 amide bonds. The number of rotatable bonds is 7. The highest BCUT2D eigenvalue weighted by Gasteiger charge is 2.28. The maximum absolute atomic E-state index is 12.5. The zero-order valence-electron chi connectivity index (χ0n) is 16.1. The van der Waals surface area contributed by atoms with Gasteiger partial charge in [0.05, 0.1) is 9.82 Å². The lowest BCUT2D eigenvalue weighted by atomic mass is 9.73. The van der Waals surface area contributed by atoms with Crippen molar-refractivity contribution in [2.45, 2.75) is 37.0 Å². The second-order valence-corrected chi connectivity index (χ2v) is 9.33. The van der Waals surface area contributed by atoms with E-state index in [1.807, 2.05) is 0 Å². The van der Waals surface area contributed by atoms with Gasteiger partial charge in [0.2, 0.25) is 10.0 Å². The highest BCUT2D eigenvalue weighted by molar-refractivity contribution is 7.89. The van der Waals surface area contributed by atoms with Crippen molar-refractivity contribution in [1.82, 2.24) is 9.62 Å². The summed E-state index contributed by atoms with van der Waals surface area (Å²) < 4.78 is 27.6. The highest BCUT2D eigenvalue weighted by Crippen LogP contribution is 2.38. The molecular formula is C20H27N3O4S. The molecule has 8 heteroatoms. The number of non-ortho nitro benzene ring substituents is 1. The molecule has 1 aliphatic carbocycles. The maximum atomic E-state index is 12.5. The number of likely N-dealkylation sites (N-methyl/N-ethyl adjacent to an activating group) is 1. The van der Waals surface area contributed by atoms with Crippen LogP contribution in [0.1, 0.15) is 32.1 Å². The van der Waals surface area contributed by atoms with Crippen molar-refractivity contribution in [3.63, 3.8) is 0 Å². The van der Waals surface area contributed by atoms with Crippen molar-refractivity contribution in [3.05, 3.63) is 58.3 Å². The van der Waals surface area contributed by atoms with Crippen LogP contribution >= 0.6 is 0 Å². The summed E-state index contributed by atoms with van der Waals surface area (Å²) in [6, 6.07) is 4.98. The number of sulfonamides is 1. The molecule has 152 valence electrons. The van der Waals surface area contributed by atoms with Gasteiger partial charge < -0.3 is 4.90 Å². The van der Waals surface area contributed by atoms with Crippen molar-refractivity contribution in [3.8, 4) is 0 Å². The topological polar surface area (TPSA) is 92.6 Å². The van der Waals surface area contributed by atoms with E-state index >= 15 is 0 Å². The van der Waals surface area contributed by atoms with E-state index in [4.69, 9.17) is 0 Å². The minimum atomic E-state index is -3.66. The third kappa shape index (κ3) is 4.99. The molecule has 28 heavy (non-hydrogen) atoms.